The number of aliphatic hydroxyl groups is 1. The summed E-state index contributed by atoms with van der Waals surface area (Å²) in [4.78, 5) is 13.5. The van der Waals surface area contributed by atoms with Crippen LogP contribution in [0.15, 0.2) is 0 Å². The second-order valence-electron chi connectivity index (χ2n) is 5.82. The minimum Gasteiger partial charge on any atom is -0.393 e. The largest absolute Gasteiger partial charge is 0.393 e. The number of hydrogen-bond acceptors (Lipinski definition) is 2. The molecule has 1 atom stereocenters. The Bertz CT molecular complexity index is 263. The van der Waals surface area contributed by atoms with E-state index in [0.717, 1.165) is 6.54 Å². The Morgan fingerprint density at radius 2 is 2.17 bits per heavy atom. The number of nitrogens with zero attached hydrogens (tertiary/aromatic N) is 1. The standard InChI is InChI=1S/C14H28N2O2/c1-4-7-14(8-5-9-14)11-15-13(18)16(3)10-6-12(2)17/h12,17H,4-11H2,1-3H3,(H,15,18). The monoisotopic (exact) mass is 256 g/mol. The Morgan fingerprint density at radius 1 is 1.50 bits per heavy atom. The van der Waals surface area contributed by atoms with Crippen LogP contribution in [0.4, 0.5) is 4.79 Å². The maximum atomic E-state index is 11.9. The molecule has 0 aromatic carbocycles. The van der Waals surface area contributed by atoms with Crippen LogP contribution in [0.3, 0.4) is 0 Å². The lowest BCUT2D eigenvalue weighted by molar-refractivity contribution is 0.113. The van der Waals surface area contributed by atoms with Gasteiger partial charge in [-0.1, -0.05) is 19.8 Å². The van der Waals surface area contributed by atoms with E-state index in [2.05, 4.69) is 12.2 Å². The van der Waals surface area contributed by atoms with Gasteiger partial charge in [-0.3, -0.25) is 0 Å². The zero-order valence-electron chi connectivity index (χ0n) is 12.0. The van der Waals surface area contributed by atoms with Crippen LogP contribution in [0.5, 0.6) is 0 Å². The molecule has 1 fully saturated rings. The smallest absolute Gasteiger partial charge is 0.317 e. The average molecular weight is 256 g/mol. The molecule has 2 amide bonds. The summed E-state index contributed by atoms with van der Waals surface area (Å²) in [6.07, 6.45) is 6.48. The molecular weight excluding hydrogens is 228 g/mol. The minimum absolute atomic E-state index is 0.0157. The van der Waals surface area contributed by atoms with E-state index in [4.69, 9.17) is 0 Å². The van der Waals surface area contributed by atoms with Gasteiger partial charge < -0.3 is 15.3 Å². The number of aliphatic hydroxyl groups excluding tert-OH is 1. The van der Waals surface area contributed by atoms with Gasteiger partial charge in [0.05, 0.1) is 6.10 Å². The molecule has 1 aliphatic carbocycles. The highest BCUT2D eigenvalue weighted by Gasteiger charge is 2.36. The van der Waals surface area contributed by atoms with E-state index in [1.165, 1.54) is 32.1 Å². The summed E-state index contributed by atoms with van der Waals surface area (Å²) in [5.74, 6) is 0. The fourth-order valence-electron chi connectivity index (χ4n) is 2.60. The van der Waals surface area contributed by atoms with Crippen molar-refractivity contribution in [2.24, 2.45) is 5.41 Å². The number of amides is 2. The highest BCUT2D eigenvalue weighted by molar-refractivity contribution is 5.73. The van der Waals surface area contributed by atoms with Gasteiger partial charge in [0, 0.05) is 20.1 Å². The van der Waals surface area contributed by atoms with Crippen LogP contribution >= 0.6 is 0 Å². The Balaban J connectivity index is 2.27. The van der Waals surface area contributed by atoms with Crippen LogP contribution in [-0.2, 0) is 0 Å². The molecule has 1 rings (SSSR count). The van der Waals surface area contributed by atoms with Gasteiger partial charge in [0.15, 0.2) is 0 Å². The third-order valence-electron chi connectivity index (χ3n) is 4.04. The van der Waals surface area contributed by atoms with Crippen LogP contribution in [-0.4, -0.2) is 42.3 Å². The average Bonchev–Trinajstić information content (AvgIpc) is 2.28. The summed E-state index contributed by atoms with van der Waals surface area (Å²) in [5.41, 5.74) is 0.371. The van der Waals surface area contributed by atoms with Gasteiger partial charge in [-0.2, -0.15) is 0 Å². The number of rotatable bonds is 7. The molecule has 0 aromatic rings. The van der Waals surface area contributed by atoms with E-state index in [-0.39, 0.29) is 12.1 Å². The molecule has 18 heavy (non-hydrogen) atoms. The van der Waals surface area contributed by atoms with Gasteiger partial charge in [0.2, 0.25) is 0 Å². The van der Waals surface area contributed by atoms with Crippen molar-refractivity contribution in [1.29, 1.82) is 0 Å². The third kappa shape index (κ3) is 4.48. The summed E-state index contributed by atoms with van der Waals surface area (Å²) in [5, 5.41) is 12.2. The molecule has 0 bridgehead atoms. The van der Waals surface area contributed by atoms with Gasteiger partial charge in [0.1, 0.15) is 0 Å². The molecule has 0 spiro atoms. The molecule has 0 aliphatic heterocycles. The predicted molar refractivity (Wildman–Crippen MR) is 73.5 cm³/mol. The summed E-state index contributed by atoms with van der Waals surface area (Å²) >= 11 is 0. The molecule has 2 N–H and O–H groups in total. The van der Waals surface area contributed by atoms with Gasteiger partial charge in [-0.25, -0.2) is 4.79 Å². The summed E-state index contributed by atoms with van der Waals surface area (Å²) in [6, 6.07) is -0.0157. The maximum absolute atomic E-state index is 11.9. The molecule has 1 aliphatic rings. The first-order valence-electron chi connectivity index (χ1n) is 7.16. The number of urea groups is 1. The van der Waals surface area contributed by atoms with Gasteiger partial charge in [-0.15, -0.1) is 0 Å². The van der Waals surface area contributed by atoms with E-state index in [1.54, 1.807) is 18.9 Å². The lowest BCUT2D eigenvalue weighted by atomic mass is 9.66. The van der Waals surface area contributed by atoms with Crippen molar-refractivity contribution < 1.29 is 9.90 Å². The molecular formula is C14H28N2O2. The SMILES string of the molecule is CCCC1(CNC(=O)N(C)CCC(C)O)CCC1. The predicted octanol–water partition coefficient (Wildman–Crippen LogP) is 2.37. The zero-order valence-corrected chi connectivity index (χ0v) is 12.0. The maximum Gasteiger partial charge on any atom is 0.317 e. The first kappa shape index (κ1) is 15.3. The Morgan fingerprint density at radius 3 is 2.61 bits per heavy atom. The van der Waals surface area contributed by atoms with Crippen molar-refractivity contribution in [2.45, 2.75) is 58.5 Å². The number of hydrogen-bond donors (Lipinski definition) is 2. The topological polar surface area (TPSA) is 52.6 Å². The third-order valence-corrected chi connectivity index (χ3v) is 4.04. The lowest BCUT2D eigenvalue weighted by Gasteiger charge is -2.42. The molecule has 0 heterocycles. The van der Waals surface area contributed by atoms with Crippen molar-refractivity contribution in [3.05, 3.63) is 0 Å². The van der Waals surface area contributed by atoms with E-state index < -0.39 is 0 Å². The van der Waals surface area contributed by atoms with E-state index >= 15 is 0 Å². The molecule has 0 saturated heterocycles. The van der Waals surface area contributed by atoms with Crippen molar-refractivity contribution in [3.63, 3.8) is 0 Å². The Labute approximate surface area is 111 Å². The molecule has 0 aromatic heterocycles. The first-order chi connectivity index (χ1) is 8.49. The lowest BCUT2D eigenvalue weighted by Crippen LogP contribution is -2.46. The van der Waals surface area contributed by atoms with Crippen LogP contribution in [0, 0.1) is 5.41 Å². The second-order valence-corrected chi connectivity index (χ2v) is 5.82. The van der Waals surface area contributed by atoms with Crippen molar-refractivity contribution in [1.82, 2.24) is 10.2 Å². The van der Waals surface area contributed by atoms with Gasteiger partial charge in [0.25, 0.3) is 0 Å². The van der Waals surface area contributed by atoms with Crippen molar-refractivity contribution in [2.75, 3.05) is 20.1 Å². The Hall–Kier alpha value is -0.770. The van der Waals surface area contributed by atoms with E-state index in [1.807, 2.05) is 0 Å². The van der Waals surface area contributed by atoms with Crippen LogP contribution in [0.2, 0.25) is 0 Å². The van der Waals surface area contributed by atoms with Crippen molar-refractivity contribution >= 4 is 6.03 Å². The van der Waals surface area contributed by atoms with Gasteiger partial charge >= 0.3 is 6.03 Å². The normalized spacial score (nSPS) is 18.9. The highest BCUT2D eigenvalue weighted by atomic mass is 16.3. The molecule has 4 heteroatoms. The molecule has 106 valence electrons. The summed E-state index contributed by atoms with van der Waals surface area (Å²) in [7, 11) is 1.78. The van der Waals surface area contributed by atoms with Crippen LogP contribution in [0.25, 0.3) is 0 Å². The molecule has 1 unspecified atom stereocenters. The number of carbonyl (C=O) groups is 1. The molecule has 0 radical (unpaired) electrons. The minimum atomic E-state index is -0.349. The van der Waals surface area contributed by atoms with Crippen LogP contribution in [0.1, 0.15) is 52.4 Å². The van der Waals surface area contributed by atoms with Crippen LogP contribution < -0.4 is 5.32 Å². The second kappa shape index (κ2) is 6.98. The van der Waals surface area contributed by atoms with E-state index in [0.29, 0.717) is 18.4 Å². The number of nitrogens with one attached hydrogen (secondary N) is 1. The summed E-state index contributed by atoms with van der Waals surface area (Å²) < 4.78 is 0. The molecule has 1 saturated carbocycles. The van der Waals surface area contributed by atoms with Crippen molar-refractivity contribution in [3.8, 4) is 0 Å². The number of carbonyl (C=O) groups excluding carboxylic acids is 1. The Kier molecular flexibility index (Phi) is 5.93. The fourth-order valence-corrected chi connectivity index (χ4v) is 2.60. The molecule has 4 nitrogen and oxygen atoms in total. The van der Waals surface area contributed by atoms with E-state index in [9.17, 15) is 9.90 Å². The van der Waals surface area contributed by atoms with Gasteiger partial charge in [-0.05, 0) is 38.0 Å². The summed E-state index contributed by atoms with van der Waals surface area (Å²) in [6.45, 7) is 5.36. The highest BCUT2D eigenvalue weighted by Crippen LogP contribution is 2.44. The quantitative estimate of drug-likeness (QED) is 0.734. The zero-order chi connectivity index (χ0) is 13.6. The fraction of sp³-hybridized carbons (Fsp3) is 0.929. The first-order valence-corrected chi connectivity index (χ1v) is 7.16.